The normalized spacial score (nSPS) is 24.0. The number of benzene rings is 2. The maximum absolute atomic E-state index is 13.3. The molecule has 0 aromatic heterocycles. The summed E-state index contributed by atoms with van der Waals surface area (Å²) >= 11 is 0. The summed E-state index contributed by atoms with van der Waals surface area (Å²) in [6.07, 6.45) is 3.75. The Morgan fingerprint density at radius 3 is 2.52 bits per heavy atom. The zero-order valence-electron chi connectivity index (χ0n) is 19.6. The van der Waals surface area contributed by atoms with Gasteiger partial charge in [0, 0.05) is 11.4 Å². The number of carbonyl (C=O) groups is 2. The van der Waals surface area contributed by atoms with Gasteiger partial charge in [-0.2, -0.15) is 0 Å². The quantitative estimate of drug-likeness (QED) is 0.489. The van der Waals surface area contributed by atoms with E-state index in [1.54, 1.807) is 12.2 Å². The lowest BCUT2D eigenvalue weighted by Gasteiger charge is -2.44. The topological polar surface area (TPSA) is 77.1 Å². The van der Waals surface area contributed by atoms with Gasteiger partial charge in [0.05, 0.1) is 14.2 Å². The first-order chi connectivity index (χ1) is 15.9. The third kappa shape index (κ3) is 3.56. The molecule has 1 saturated heterocycles. The van der Waals surface area contributed by atoms with E-state index in [-0.39, 0.29) is 24.1 Å². The summed E-state index contributed by atoms with van der Waals surface area (Å²) in [5.41, 5.74) is -1.13. The highest BCUT2D eigenvalue weighted by Crippen LogP contribution is 2.49. The molecule has 0 radical (unpaired) electrons. The number of fused-ring (bicyclic) bond motifs is 2. The SMILES string of the molecule is CCC(N(C)C(C)Oc1cccc2ccccc12)C12C=CC(OC)=C(OC)C1C(=O)NC2=O. The first-order valence-electron chi connectivity index (χ1n) is 11.1. The van der Waals surface area contributed by atoms with Crippen LogP contribution < -0.4 is 10.1 Å². The van der Waals surface area contributed by atoms with Crippen LogP contribution in [-0.4, -0.2) is 50.3 Å². The van der Waals surface area contributed by atoms with Crippen molar-refractivity contribution in [3.63, 3.8) is 0 Å². The highest BCUT2D eigenvalue weighted by atomic mass is 16.5. The van der Waals surface area contributed by atoms with E-state index in [1.807, 2.05) is 68.3 Å². The summed E-state index contributed by atoms with van der Waals surface area (Å²) < 4.78 is 17.4. The maximum Gasteiger partial charge on any atom is 0.239 e. The molecule has 1 fully saturated rings. The van der Waals surface area contributed by atoms with Crippen molar-refractivity contribution in [1.29, 1.82) is 0 Å². The van der Waals surface area contributed by atoms with Crippen molar-refractivity contribution in [2.24, 2.45) is 11.3 Å². The standard InChI is InChI=1S/C26H30N2O5/c1-6-21(26-15-14-20(31-4)23(32-5)22(26)24(29)27-25(26)30)28(3)16(2)33-19-13-9-11-17-10-7-8-12-18(17)19/h7-16,21-22H,6H2,1-5H3,(H,27,29,30). The van der Waals surface area contributed by atoms with Gasteiger partial charge in [-0.15, -0.1) is 0 Å². The number of nitrogens with zero attached hydrogens (tertiary/aromatic N) is 1. The molecular formula is C26H30N2O5. The number of nitrogens with one attached hydrogen (secondary N) is 1. The molecule has 1 N–H and O–H groups in total. The van der Waals surface area contributed by atoms with Crippen molar-refractivity contribution < 1.29 is 23.8 Å². The number of allylic oxidation sites excluding steroid dienone is 1. The van der Waals surface area contributed by atoms with Gasteiger partial charge < -0.3 is 14.2 Å². The summed E-state index contributed by atoms with van der Waals surface area (Å²) in [7, 11) is 4.93. The molecule has 2 aromatic carbocycles. The third-order valence-electron chi connectivity index (χ3n) is 6.88. The molecule has 1 aliphatic carbocycles. The molecule has 0 bridgehead atoms. The molecule has 7 heteroatoms. The maximum atomic E-state index is 13.3. The second kappa shape index (κ2) is 8.90. The van der Waals surface area contributed by atoms with Gasteiger partial charge in [-0.25, -0.2) is 0 Å². The van der Waals surface area contributed by atoms with E-state index < -0.39 is 11.3 Å². The molecule has 2 aromatic rings. The number of rotatable bonds is 8. The van der Waals surface area contributed by atoms with E-state index in [1.165, 1.54) is 14.2 Å². The number of amides is 2. The fourth-order valence-electron chi connectivity index (χ4n) is 5.21. The van der Waals surface area contributed by atoms with Crippen LogP contribution in [0.15, 0.2) is 66.1 Å². The number of imide groups is 1. The average Bonchev–Trinajstić information content (AvgIpc) is 3.09. The molecule has 2 aliphatic rings. The van der Waals surface area contributed by atoms with Crippen molar-refractivity contribution in [3.05, 3.63) is 66.1 Å². The summed E-state index contributed by atoms with van der Waals surface area (Å²) in [5, 5.41) is 4.63. The van der Waals surface area contributed by atoms with Crippen LogP contribution in [0, 0.1) is 11.3 Å². The molecule has 4 unspecified atom stereocenters. The Hall–Kier alpha value is -3.32. The highest BCUT2D eigenvalue weighted by molar-refractivity contribution is 6.10. The lowest BCUT2D eigenvalue weighted by atomic mass is 9.66. The minimum atomic E-state index is -1.13. The molecule has 33 heavy (non-hydrogen) atoms. The van der Waals surface area contributed by atoms with Crippen molar-refractivity contribution >= 4 is 22.6 Å². The van der Waals surface area contributed by atoms with E-state index in [2.05, 4.69) is 5.32 Å². The molecule has 1 aliphatic heterocycles. The molecule has 2 amide bonds. The minimum absolute atomic E-state index is 0.335. The fourth-order valence-corrected chi connectivity index (χ4v) is 5.21. The Balaban J connectivity index is 1.69. The monoisotopic (exact) mass is 450 g/mol. The second-order valence-corrected chi connectivity index (χ2v) is 8.44. The van der Waals surface area contributed by atoms with Gasteiger partial charge in [-0.3, -0.25) is 19.8 Å². The van der Waals surface area contributed by atoms with E-state index in [0.717, 1.165) is 16.5 Å². The number of hydrogen-bond acceptors (Lipinski definition) is 6. The van der Waals surface area contributed by atoms with Crippen LogP contribution in [0.25, 0.3) is 10.8 Å². The Bertz CT molecular complexity index is 1140. The largest absolute Gasteiger partial charge is 0.496 e. The molecule has 4 rings (SSSR count). The molecule has 0 saturated carbocycles. The van der Waals surface area contributed by atoms with E-state index >= 15 is 0 Å². The number of carbonyl (C=O) groups excluding carboxylic acids is 2. The zero-order chi connectivity index (χ0) is 23.8. The van der Waals surface area contributed by atoms with Crippen LogP contribution in [0.4, 0.5) is 0 Å². The predicted octanol–water partition coefficient (Wildman–Crippen LogP) is 3.61. The molecule has 7 nitrogen and oxygen atoms in total. The smallest absolute Gasteiger partial charge is 0.239 e. The van der Waals surface area contributed by atoms with Crippen LogP contribution in [0.5, 0.6) is 5.75 Å². The summed E-state index contributed by atoms with van der Waals surface area (Å²) in [5.74, 6) is 0.0341. The first-order valence-corrected chi connectivity index (χ1v) is 11.1. The van der Waals surface area contributed by atoms with Gasteiger partial charge in [-0.1, -0.05) is 49.4 Å². The van der Waals surface area contributed by atoms with Crippen molar-refractivity contribution in [2.45, 2.75) is 32.5 Å². The molecular weight excluding hydrogens is 420 g/mol. The lowest BCUT2D eigenvalue weighted by molar-refractivity contribution is -0.132. The highest BCUT2D eigenvalue weighted by Gasteiger charge is 2.62. The van der Waals surface area contributed by atoms with Crippen molar-refractivity contribution in [1.82, 2.24) is 10.2 Å². The predicted molar refractivity (Wildman–Crippen MR) is 125 cm³/mol. The fraction of sp³-hybridized carbons (Fsp3) is 0.385. The number of methoxy groups -OCH3 is 2. The van der Waals surface area contributed by atoms with Crippen LogP contribution in [0.2, 0.25) is 0 Å². The van der Waals surface area contributed by atoms with Gasteiger partial charge in [0.15, 0.2) is 11.5 Å². The van der Waals surface area contributed by atoms with Crippen molar-refractivity contribution in [3.8, 4) is 5.75 Å². The van der Waals surface area contributed by atoms with Crippen molar-refractivity contribution in [2.75, 3.05) is 21.3 Å². The Morgan fingerprint density at radius 2 is 1.82 bits per heavy atom. The molecule has 1 heterocycles. The molecule has 0 spiro atoms. The average molecular weight is 451 g/mol. The summed E-state index contributed by atoms with van der Waals surface area (Å²) in [6, 6.07) is 13.7. The van der Waals surface area contributed by atoms with E-state index in [0.29, 0.717) is 17.9 Å². The van der Waals surface area contributed by atoms with E-state index in [4.69, 9.17) is 14.2 Å². The molecule has 4 atom stereocenters. The Kier molecular flexibility index (Phi) is 6.17. The zero-order valence-corrected chi connectivity index (χ0v) is 19.6. The Morgan fingerprint density at radius 1 is 1.09 bits per heavy atom. The minimum Gasteiger partial charge on any atom is -0.496 e. The van der Waals surface area contributed by atoms with Crippen LogP contribution in [-0.2, 0) is 19.1 Å². The third-order valence-corrected chi connectivity index (χ3v) is 6.88. The van der Waals surface area contributed by atoms with Gasteiger partial charge >= 0.3 is 0 Å². The van der Waals surface area contributed by atoms with Gasteiger partial charge in [0.25, 0.3) is 0 Å². The molecule has 174 valence electrons. The van der Waals surface area contributed by atoms with Gasteiger partial charge in [-0.05, 0) is 37.9 Å². The second-order valence-electron chi connectivity index (χ2n) is 8.44. The summed E-state index contributed by atoms with van der Waals surface area (Å²) in [4.78, 5) is 28.2. The Labute approximate surface area is 194 Å². The number of ether oxygens (including phenoxy) is 3. The van der Waals surface area contributed by atoms with Crippen LogP contribution in [0.1, 0.15) is 20.3 Å². The number of hydrogen-bond donors (Lipinski definition) is 1. The van der Waals surface area contributed by atoms with Gasteiger partial charge in [0.1, 0.15) is 23.3 Å². The van der Waals surface area contributed by atoms with Crippen LogP contribution in [0.3, 0.4) is 0 Å². The summed E-state index contributed by atoms with van der Waals surface area (Å²) in [6.45, 7) is 3.95. The van der Waals surface area contributed by atoms with Crippen LogP contribution >= 0.6 is 0 Å². The first kappa shape index (κ1) is 22.9. The van der Waals surface area contributed by atoms with E-state index in [9.17, 15) is 9.59 Å². The van der Waals surface area contributed by atoms with Gasteiger partial charge in [0.2, 0.25) is 11.8 Å². The lowest BCUT2D eigenvalue weighted by Crippen LogP contribution is -2.56.